The van der Waals surface area contributed by atoms with Gasteiger partial charge in [-0.05, 0) is 43.4 Å². The molecular formula is C16H24F2N2O. The van der Waals surface area contributed by atoms with Crippen molar-refractivity contribution in [1.29, 1.82) is 0 Å². The van der Waals surface area contributed by atoms with E-state index >= 15 is 0 Å². The van der Waals surface area contributed by atoms with E-state index in [0.29, 0.717) is 25.1 Å². The molecule has 2 rings (SSSR count). The van der Waals surface area contributed by atoms with Crippen LogP contribution in [0.2, 0.25) is 0 Å². The van der Waals surface area contributed by atoms with Crippen LogP contribution < -0.4 is 10.6 Å². The van der Waals surface area contributed by atoms with E-state index in [1.54, 1.807) is 12.0 Å². The molecule has 1 fully saturated rings. The van der Waals surface area contributed by atoms with Crippen LogP contribution in [0.4, 0.5) is 14.5 Å². The lowest BCUT2D eigenvalue weighted by molar-refractivity contribution is 0.204. The average molecular weight is 298 g/mol. The SMILES string of the molecule is CCC(N)Cc1cc(F)c(N(CCOC)C2CC2)c(F)c1. The van der Waals surface area contributed by atoms with Crippen LogP contribution >= 0.6 is 0 Å². The lowest BCUT2D eigenvalue weighted by Gasteiger charge is -2.25. The van der Waals surface area contributed by atoms with Crippen LogP contribution in [0.15, 0.2) is 12.1 Å². The molecular weight excluding hydrogens is 274 g/mol. The van der Waals surface area contributed by atoms with Crippen LogP contribution in [0.25, 0.3) is 0 Å². The maximum absolute atomic E-state index is 14.4. The Hall–Kier alpha value is -1.20. The number of halogens is 2. The van der Waals surface area contributed by atoms with E-state index in [1.165, 1.54) is 12.1 Å². The molecule has 0 saturated heterocycles. The molecule has 0 amide bonds. The molecule has 5 heteroatoms. The van der Waals surface area contributed by atoms with Gasteiger partial charge in [-0.2, -0.15) is 0 Å². The first-order chi connectivity index (χ1) is 10.1. The van der Waals surface area contributed by atoms with Crippen molar-refractivity contribution in [2.45, 2.75) is 44.7 Å². The molecule has 0 aliphatic heterocycles. The van der Waals surface area contributed by atoms with Crippen LogP contribution in [0.1, 0.15) is 31.7 Å². The number of rotatable bonds is 8. The highest BCUT2D eigenvalue weighted by molar-refractivity contribution is 5.52. The highest BCUT2D eigenvalue weighted by Crippen LogP contribution is 2.35. The van der Waals surface area contributed by atoms with Crippen LogP contribution in [-0.2, 0) is 11.2 Å². The van der Waals surface area contributed by atoms with Gasteiger partial charge in [0.2, 0.25) is 0 Å². The normalized spacial score (nSPS) is 16.0. The lowest BCUT2D eigenvalue weighted by Crippen LogP contribution is -2.31. The number of hydrogen-bond acceptors (Lipinski definition) is 3. The minimum atomic E-state index is -0.503. The number of methoxy groups -OCH3 is 1. The first-order valence-corrected chi connectivity index (χ1v) is 7.55. The molecule has 0 aromatic heterocycles. The molecule has 0 heterocycles. The van der Waals surface area contributed by atoms with Gasteiger partial charge in [0, 0.05) is 25.7 Å². The monoisotopic (exact) mass is 298 g/mol. The Bertz CT molecular complexity index is 454. The maximum atomic E-state index is 14.4. The summed E-state index contributed by atoms with van der Waals surface area (Å²) >= 11 is 0. The fraction of sp³-hybridized carbons (Fsp3) is 0.625. The van der Waals surface area contributed by atoms with Gasteiger partial charge in [0.25, 0.3) is 0 Å². The van der Waals surface area contributed by atoms with Gasteiger partial charge in [0.1, 0.15) is 17.3 Å². The number of hydrogen-bond donors (Lipinski definition) is 1. The smallest absolute Gasteiger partial charge is 0.149 e. The Morgan fingerprint density at radius 2 is 1.95 bits per heavy atom. The third-order valence-corrected chi connectivity index (χ3v) is 3.91. The summed E-state index contributed by atoms with van der Waals surface area (Å²) in [6.07, 6.45) is 3.23. The Labute approximate surface area is 125 Å². The van der Waals surface area contributed by atoms with Gasteiger partial charge in [-0.1, -0.05) is 6.92 Å². The first kappa shape index (κ1) is 16.2. The van der Waals surface area contributed by atoms with Crippen molar-refractivity contribution in [3.63, 3.8) is 0 Å². The number of nitrogens with zero attached hydrogens (tertiary/aromatic N) is 1. The van der Waals surface area contributed by atoms with E-state index in [-0.39, 0.29) is 17.8 Å². The van der Waals surface area contributed by atoms with Crippen LogP contribution in [0, 0.1) is 11.6 Å². The molecule has 1 aliphatic carbocycles. The fourth-order valence-corrected chi connectivity index (χ4v) is 2.51. The Balaban J connectivity index is 2.22. The van der Waals surface area contributed by atoms with E-state index in [2.05, 4.69) is 0 Å². The maximum Gasteiger partial charge on any atom is 0.149 e. The zero-order valence-electron chi connectivity index (χ0n) is 12.7. The molecule has 118 valence electrons. The van der Waals surface area contributed by atoms with Gasteiger partial charge in [-0.25, -0.2) is 8.78 Å². The second-order valence-electron chi connectivity index (χ2n) is 5.70. The molecule has 1 aromatic carbocycles. The van der Waals surface area contributed by atoms with Crippen molar-refractivity contribution in [1.82, 2.24) is 0 Å². The Kier molecular flexibility index (Phi) is 5.53. The molecule has 1 unspecified atom stereocenters. The molecule has 1 atom stereocenters. The highest BCUT2D eigenvalue weighted by atomic mass is 19.1. The highest BCUT2D eigenvalue weighted by Gasteiger charge is 2.32. The second-order valence-corrected chi connectivity index (χ2v) is 5.70. The van der Waals surface area contributed by atoms with Crippen molar-refractivity contribution in [2.75, 3.05) is 25.2 Å². The summed E-state index contributed by atoms with van der Waals surface area (Å²) in [5, 5.41) is 0. The number of benzene rings is 1. The van der Waals surface area contributed by atoms with Crippen molar-refractivity contribution in [3.05, 3.63) is 29.3 Å². The minimum absolute atomic E-state index is 0.0670. The van der Waals surface area contributed by atoms with Gasteiger partial charge >= 0.3 is 0 Å². The third kappa shape index (κ3) is 4.14. The molecule has 2 N–H and O–H groups in total. The van der Waals surface area contributed by atoms with Gasteiger partial charge in [0.15, 0.2) is 0 Å². The van der Waals surface area contributed by atoms with E-state index in [4.69, 9.17) is 10.5 Å². The zero-order valence-corrected chi connectivity index (χ0v) is 12.7. The zero-order chi connectivity index (χ0) is 15.4. The Morgan fingerprint density at radius 3 is 2.43 bits per heavy atom. The topological polar surface area (TPSA) is 38.5 Å². The number of ether oxygens (including phenoxy) is 1. The summed E-state index contributed by atoms with van der Waals surface area (Å²) in [5.74, 6) is -1.01. The van der Waals surface area contributed by atoms with Crippen LogP contribution in [0.5, 0.6) is 0 Å². The molecule has 3 nitrogen and oxygen atoms in total. The van der Waals surface area contributed by atoms with Crippen molar-refractivity contribution in [3.8, 4) is 0 Å². The molecule has 0 bridgehead atoms. The molecule has 21 heavy (non-hydrogen) atoms. The molecule has 0 spiro atoms. The predicted octanol–water partition coefficient (Wildman–Crippen LogP) is 2.86. The summed E-state index contributed by atoms with van der Waals surface area (Å²) in [6, 6.07) is 2.99. The van der Waals surface area contributed by atoms with E-state index in [9.17, 15) is 8.78 Å². The van der Waals surface area contributed by atoms with Crippen molar-refractivity contribution in [2.24, 2.45) is 5.73 Å². The van der Waals surface area contributed by atoms with Gasteiger partial charge in [-0.15, -0.1) is 0 Å². The van der Waals surface area contributed by atoms with Gasteiger partial charge in [0.05, 0.1) is 6.61 Å². The number of anilines is 1. The summed E-state index contributed by atoms with van der Waals surface area (Å²) in [5.41, 5.74) is 6.54. The quantitative estimate of drug-likeness (QED) is 0.802. The molecule has 1 aliphatic rings. The van der Waals surface area contributed by atoms with E-state index in [0.717, 1.165) is 19.3 Å². The minimum Gasteiger partial charge on any atom is -0.383 e. The van der Waals surface area contributed by atoms with Gasteiger partial charge < -0.3 is 15.4 Å². The third-order valence-electron chi connectivity index (χ3n) is 3.91. The summed E-state index contributed by atoms with van der Waals surface area (Å²) in [4.78, 5) is 1.79. The summed E-state index contributed by atoms with van der Waals surface area (Å²) < 4.78 is 33.8. The lowest BCUT2D eigenvalue weighted by atomic mass is 10.0. The van der Waals surface area contributed by atoms with E-state index in [1.807, 2.05) is 6.92 Å². The van der Waals surface area contributed by atoms with Crippen molar-refractivity contribution < 1.29 is 13.5 Å². The predicted molar refractivity (Wildman–Crippen MR) is 80.6 cm³/mol. The first-order valence-electron chi connectivity index (χ1n) is 7.55. The molecule has 0 radical (unpaired) electrons. The standard InChI is InChI=1S/C16H24F2N2O/c1-3-12(19)8-11-9-14(17)16(15(18)10-11)20(6-7-21-2)13-4-5-13/h9-10,12-13H,3-8,19H2,1-2H3. The average Bonchev–Trinajstić information content (AvgIpc) is 3.26. The largest absolute Gasteiger partial charge is 0.383 e. The summed E-state index contributed by atoms with van der Waals surface area (Å²) in [6.45, 7) is 2.92. The number of nitrogens with two attached hydrogens (primary N) is 1. The van der Waals surface area contributed by atoms with E-state index < -0.39 is 11.6 Å². The molecule has 1 aromatic rings. The Morgan fingerprint density at radius 1 is 1.33 bits per heavy atom. The van der Waals surface area contributed by atoms with Crippen LogP contribution in [0.3, 0.4) is 0 Å². The summed E-state index contributed by atoms with van der Waals surface area (Å²) in [7, 11) is 1.59. The van der Waals surface area contributed by atoms with Crippen LogP contribution in [-0.4, -0.2) is 32.3 Å². The van der Waals surface area contributed by atoms with Crippen molar-refractivity contribution >= 4 is 5.69 Å². The molecule has 1 saturated carbocycles. The second kappa shape index (κ2) is 7.18. The fourth-order valence-electron chi connectivity index (χ4n) is 2.51. The van der Waals surface area contributed by atoms with Gasteiger partial charge in [-0.3, -0.25) is 0 Å².